The summed E-state index contributed by atoms with van der Waals surface area (Å²) in [4.78, 5) is 4.73. The molecule has 2 N–H and O–H groups in total. The van der Waals surface area contributed by atoms with Crippen molar-refractivity contribution >= 4 is 5.96 Å². The molecule has 22 heavy (non-hydrogen) atoms. The highest BCUT2D eigenvalue weighted by Crippen LogP contribution is 2.34. The number of hydrogen-bond donors (Lipinski definition) is 2. The molecule has 0 aliphatic heterocycles. The minimum atomic E-state index is 0.588. The summed E-state index contributed by atoms with van der Waals surface area (Å²) in [5.41, 5.74) is 2.95. The van der Waals surface area contributed by atoms with Crippen molar-refractivity contribution < 1.29 is 4.74 Å². The van der Waals surface area contributed by atoms with Crippen molar-refractivity contribution in [3.05, 3.63) is 35.4 Å². The first-order valence-corrected chi connectivity index (χ1v) is 8.52. The largest absolute Gasteiger partial charge is 0.382 e. The maximum atomic E-state index is 5.35. The van der Waals surface area contributed by atoms with E-state index in [1.54, 1.807) is 0 Å². The lowest BCUT2D eigenvalue weighted by Crippen LogP contribution is -2.38. The van der Waals surface area contributed by atoms with E-state index < -0.39 is 0 Å². The van der Waals surface area contributed by atoms with Crippen LogP contribution in [0.3, 0.4) is 0 Å². The molecule has 122 valence electrons. The molecular weight excluding hydrogens is 274 g/mol. The Labute approximate surface area is 134 Å². The summed E-state index contributed by atoms with van der Waals surface area (Å²) in [6.45, 7) is 8.50. The molecule has 0 amide bonds. The second-order valence-electron chi connectivity index (χ2n) is 5.65. The SMILES string of the molecule is CCNC(=NCC1Cc2ccccc21)NCCCCOCC. The van der Waals surface area contributed by atoms with Crippen LogP contribution in [-0.2, 0) is 11.2 Å². The van der Waals surface area contributed by atoms with Gasteiger partial charge in [0.15, 0.2) is 5.96 Å². The van der Waals surface area contributed by atoms with Crippen molar-refractivity contribution in [2.75, 3.05) is 32.8 Å². The number of hydrogen-bond acceptors (Lipinski definition) is 2. The van der Waals surface area contributed by atoms with Crippen molar-refractivity contribution in [3.63, 3.8) is 0 Å². The quantitative estimate of drug-likeness (QED) is 0.419. The van der Waals surface area contributed by atoms with E-state index in [0.717, 1.165) is 58.1 Å². The average Bonchev–Trinajstić information content (AvgIpc) is 2.51. The molecule has 0 saturated carbocycles. The average molecular weight is 303 g/mol. The van der Waals surface area contributed by atoms with Crippen molar-refractivity contribution in [1.82, 2.24) is 10.6 Å². The Morgan fingerprint density at radius 3 is 2.86 bits per heavy atom. The number of rotatable bonds is 9. The van der Waals surface area contributed by atoms with Crippen LogP contribution in [0, 0.1) is 0 Å². The maximum Gasteiger partial charge on any atom is 0.191 e. The molecule has 1 unspecified atom stereocenters. The van der Waals surface area contributed by atoms with E-state index in [0.29, 0.717) is 5.92 Å². The van der Waals surface area contributed by atoms with Gasteiger partial charge in [-0.25, -0.2) is 0 Å². The summed E-state index contributed by atoms with van der Waals surface area (Å²) in [5, 5.41) is 6.73. The third kappa shape index (κ3) is 5.02. The highest BCUT2D eigenvalue weighted by molar-refractivity contribution is 5.79. The summed E-state index contributed by atoms with van der Waals surface area (Å²) in [7, 11) is 0. The second-order valence-corrected chi connectivity index (χ2v) is 5.65. The van der Waals surface area contributed by atoms with Crippen LogP contribution in [0.2, 0.25) is 0 Å². The van der Waals surface area contributed by atoms with Crippen LogP contribution in [-0.4, -0.2) is 38.8 Å². The second kappa shape index (κ2) is 9.46. The van der Waals surface area contributed by atoms with Crippen molar-refractivity contribution in [2.45, 2.75) is 39.0 Å². The Morgan fingerprint density at radius 1 is 1.23 bits per heavy atom. The number of aliphatic imine (C=N–C) groups is 1. The number of guanidine groups is 1. The number of ether oxygens (including phenoxy) is 1. The van der Waals surface area contributed by atoms with Gasteiger partial charge in [0.2, 0.25) is 0 Å². The molecule has 0 radical (unpaired) electrons. The van der Waals surface area contributed by atoms with Crippen LogP contribution in [0.15, 0.2) is 29.3 Å². The molecule has 1 atom stereocenters. The topological polar surface area (TPSA) is 45.7 Å². The van der Waals surface area contributed by atoms with E-state index in [1.807, 2.05) is 6.92 Å². The Kier molecular flexibility index (Phi) is 7.23. The van der Waals surface area contributed by atoms with Gasteiger partial charge in [-0.15, -0.1) is 0 Å². The van der Waals surface area contributed by atoms with Crippen LogP contribution < -0.4 is 10.6 Å². The fraction of sp³-hybridized carbons (Fsp3) is 0.611. The lowest BCUT2D eigenvalue weighted by molar-refractivity contribution is 0.143. The summed E-state index contributed by atoms with van der Waals surface area (Å²) in [6, 6.07) is 8.69. The fourth-order valence-electron chi connectivity index (χ4n) is 2.75. The molecule has 0 bridgehead atoms. The first kappa shape index (κ1) is 16.8. The molecule has 4 heteroatoms. The van der Waals surface area contributed by atoms with Gasteiger partial charge in [0, 0.05) is 38.8 Å². The Hall–Kier alpha value is -1.55. The standard InChI is InChI=1S/C18H29N3O/c1-3-19-18(20-11-7-8-12-22-4-2)21-14-16-13-15-9-5-6-10-17(15)16/h5-6,9-10,16H,3-4,7-8,11-14H2,1-2H3,(H2,19,20,21). The zero-order valence-corrected chi connectivity index (χ0v) is 13.9. The predicted molar refractivity (Wildman–Crippen MR) is 92.6 cm³/mol. The molecule has 0 heterocycles. The van der Waals surface area contributed by atoms with Gasteiger partial charge in [0.05, 0.1) is 0 Å². The van der Waals surface area contributed by atoms with E-state index in [4.69, 9.17) is 9.73 Å². The van der Waals surface area contributed by atoms with Crippen LogP contribution in [0.1, 0.15) is 43.7 Å². The van der Waals surface area contributed by atoms with Crippen molar-refractivity contribution in [2.24, 2.45) is 4.99 Å². The van der Waals surface area contributed by atoms with Gasteiger partial charge < -0.3 is 15.4 Å². The first-order chi connectivity index (χ1) is 10.8. The van der Waals surface area contributed by atoms with Gasteiger partial charge in [0.1, 0.15) is 0 Å². The number of unbranched alkanes of at least 4 members (excludes halogenated alkanes) is 1. The van der Waals surface area contributed by atoms with Gasteiger partial charge in [0.25, 0.3) is 0 Å². The summed E-state index contributed by atoms with van der Waals surface area (Å²) in [6.07, 6.45) is 3.36. The zero-order chi connectivity index (χ0) is 15.6. The summed E-state index contributed by atoms with van der Waals surface area (Å²) >= 11 is 0. The highest BCUT2D eigenvalue weighted by Gasteiger charge is 2.24. The Morgan fingerprint density at radius 2 is 2.09 bits per heavy atom. The van der Waals surface area contributed by atoms with Gasteiger partial charge in [-0.1, -0.05) is 24.3 Å². The lowest BCUT2D eigenvalue weighted by atomic mass is 9.78. The van der Waals surface area contributed by atoms with E-state index in [1.165, 1.54) is 11.1 Å². The first-order valence-electron chi connectivity index (χ1n) is 8.52. The molecule has 1 aromatic carbocycles. The zero-order valence-electron chi connectivity index (χ0n) is 13.9. The van der Waals surface area contributed by atoms with E-state index in [2.05, 4.69) is 41.8 Å². The highest BCUT2D eigenvalue weighted by atomic mass is 16.5. The minimum absolute atomic E-state index is 0.588. The Bertz CT molecular complexity index is 473. The molecule has 1 aliphatic carbocycles. The van der Waals surface area contributed by atoms with Crippen molar-refractivity contribution in [3.8, 4) is 0 Å². The number of nitrogens with one attached hydrogen (secondary N) is 2. The van der Waals surface area contributed by atoms with Crippen LogP contribution in [0.25, 0.3) is 0 Å². The molecule has 0 aromatic heterocycles. The third-order valence-corrected chi connectivity index (χ3v) is 3.99. The number of nitrogens with zero attached hydrogens (tertiary/aromatic N) is 1. The summed E-state index contributed by atoms with van der Waals surface area (Å²) in [5.74, 6) is 1.52. The van der Waals surface area contributed by atoms with Crippen molar-refractivity contribution in [1.29, 1.82) is 0 Å². The van der Waals surface area contributed by atoms with E-state index in [9.17, 15) is 0 Å². The molecule has 1 aliphatic rings. The maximum absolute atomic E-state index is 5.35. The van der Waals surface area contributed by atoms with Crippen LogP contribution >= 0.6 is 0 Å². The van der Waals surface area contributed by atoms with E-state index in [-0.39, 0.29) is 0 Å². The van der Waals surface area contributed by atoms with E-state index >= 15 is 0 Å². The fourth-order valence-corrected chi connectivity index (χ4v) is 2.75. The number of benzene rings is 1. The Balaban J connectivity index is 1.71. The molecular formula is C18H29N3O. The number of fused-ring (bicyclic) bond motifs is 1. The smallest absolute Gasteiger partial charge is 0.191 e. The van der Waals surface area contributed by atoms with Crippen LogP contribution in [0.4, 0.5) is 0 Å². The summed E-state index contributed by atoms with van der Waals surface area (Å²) < 4.78 is 5.35. The minimum Gasteiger partial charge on any atom is -0.382 e. The monoisotopic (exact) mass is 303 g/mol. The van der Waals surface area contributed by atoms with Gasteiger partial charge in [-0.3, -0.25) is 4.99 Å². The molecule has 0 spiro atoms. The molecule has 0 saturated heterocycles. The van der Waals surface area contributed by atoms with Gasteiger partial charge in [-0.05, 0) is 44.2 Å². The van der Waals surface area contributed by atoms with Gasteiger partial charge in [-0.2, -0.15) is 0 Å². The molecule has 1 aromatic rings. The molecule has 4 nitrogen and oxygen atoms in total. The van der Waals surface area contributed by atoms with Gasteiger partial charge >= 0.3 is 0 Å². The third-order valence-electron chi connectivity index (χ3n) is 3.99. The molecule has 0 fully saturated rings. The molecule has 2 rings (SSSR count). The lowest BCUT2D eigenvalue weighted by Gasteiger charge is -2.28. The normalized spacial score (nSPS) is 16.8. The van der Waals surface area contributed by atoms with Crippen LogP contribution in [0.5, 0.6) is 0 Å². The predicted octanol–water partition coefficient (Wildman–Crippen LogP) is 2.70.